The van der Waals surface area contributed by atoms with Crippen molar-refractivity contribution in [2.75, 3.05) is 32.2 Å². The Morgan fingerprint density at radius 1 is 1.03 bits per heavy atom. The molecule has 206 valence electrons. The molecule has 5 rings (SSSR count). The molecule has 1 N–H and O–H groups in total. The molecule has 39 heavy (non-hydrogen) atoms. The first-order valence-corrected chi connectivity index (χ1v) is 13.7. The lowest BCUT2D eigenvalue weighted by Crippen LogP contribution is -2.46. The number of rotatable bonds is 6. The average molecular weight is 530 g/mol. The summed E-state index contributed by atoms with van der Waals surface area (Å²) >= 11 is 0. The fourth-order valence-corrected chi connectivity index (χ4v) is 5.80. The number of fused-ring (bicyclic) bond motifs is 1. The van der Waals surface area contributed by atoms with Crippen molar-refractivity contribution in [3.63, 3.8) is 0 Å². The second-order valence-electron chi connectivity index (χ2n) is 10.5. The Balaban J connectivity index is 0.00000172. The Morgan fingerprint density at radius 3 is 2.44 bits per heavy atom. The largest absolute Gasteiger partial charge is 0.378 e. The van der Waals surface area contributed by atoms with E-state index in [0.29, 0.717) is 7.18 Å². The summed E-state index contributed by atoms with van der Waals surface area (Å²) in [7, 11) is 2.45. The topological polar surface area (TPSA) is 61.4 Å². The molecular formula is C32H40FN5O. The molecule has 1 fully saturated rings. The van der Waals surface area contributed by atoms with Crippen LogP contribution >= 0.6 is 0 Å². The van der Waals surface area contributed by atoms with Crippen molar-refractivity contribution in [2.45, 2.75) is 58.5 Å². The average Bonchev–Trinajstić information content (AvgIpc) is 3.35. The van der Waals surface area contributed by atoms with Gasteiger partial charge in [0.15, 0.2) is 0 Å². The van der Waals surface area contributed by atoms with Gasteiger partial charge in [0, 0.05) is 49.2 Å². The number of aryl methyl sites for hydroxylation is 4. The maximum Gasteiger partial charge on any atom is 0.253 e. The SMILES string of the molecule is C=C(NC1CCc2ccc(C(=O)N(C)C3CCN(c4cc(C)nc(C)n4)CC3)cc21)c1ccccc1C.CF. The highest BCUT2D eigenvalue weighted by Gasteiger charge is 2.29. The molecular weight excluding hydrogens is 489 g/mol. The number of halogens is 1. The van der Waals surface area contributed by atoms with Gasteiger partial charge in [-0.25, -0.2) is 9.97 Å². The number of alkyl halides is 1. The number of carbonyl (C=O) groups is 1. The quantitative estimate of drug-likeness (QED) is 0.426. The van der Waals surface area contributed by atoms with Crippen LogP contribution in [-0.4, -0.2) is 54.1 Å². The molecule has 0 saturated carbocycles. The van der Waals surface area contributed by atoms with E-state index in [0.717, 1.165) is 72.9 Å². The minimum atomic E-state index is 0.0957. The molecule has 0 bridgehead atoms. The molecule has 6 nitrogen and oxygen atoms in total. The van der Waals surface area contributed by atoms with Crippen molar-refractivity contribution in [1.29, 1.82) is 0 Å². The molecule has 3 aromatic rings. The van der Waals surface area contributed by atoms with Gasteiger partial charge in [-0.3, -0.25) is 9.18 Å². The molecule has 0 radical (unpaired) electrons. The molecule has 1 aliphatic carbocycles. The van der Waals surface area contributed by atoms with Crippen molar-refractivity contribution < 1.29 is 9.18 Å². The van der Waals surface area contributed by atoms with Crippen LogP contribution in [0.25, 0.3) is 5.70 Å². The van der Waals surface area contributed by atoms with Crippen LogP contribution in [0, 0.1) is 20.8 Å². The molecule has 2 aromatic carbocycles. The first-order chi connectivity index (χ1) is 18.8. The van der Waals surface area contributed by atoms with Gasteiger partial charge >= 0.3 is 0 Å². The number of nitrogens with one attached hydrogen (secondary N) is 1. The highest BCUT2D eigenvalue weighted by Crippen LogP contribution is 2.34. The summed E-state index contributed by atoms with van der Waals surface area (Å²) in [5.41, 5.74) is 7.58. The van der Waals surface area contributed by atoms with Gasteiger partial charge in [0.2, 0.25) is 0 Å². The van der Waals surface area contributed by atoms with E-state index >= 15 is 0 Å². The Kier molecular flexibility index (Phi) is 9.00. The van der Waals surface area contributed by atoms with Crippen molar-refractivity contribution in [3.05, 3.63) is 94.4 Å². The molecule has 7 heteroatoms. The van der Waals surface area contributed by atoms with Gasteiger partial charge in [-0.05, 0) is 80.8 Å². The van der Waals surface area contributed by atoms with E-state index in [1.807, 2.05) is 50.1 Å². The number of nitrogens with zero attached hydrogens (tertiary/aromatic N) is 4. The van der Waals surface area contributed by atoms with E-state index in [1.54, 1.807) is 0 Å². The summed E-state index contributed by atoms with van der Waals surface area (Å²) in [4.78, 5) is 26.8. The summed E-state index contributed by atoms with van der Waals surface area (Å²) < 4.78 is 9.50. The summed E-state index contributed by atoms with van der Waals surface area (Å²) in [6, 6.07) is 17.0. The third kappa shape index (κ3) is 6.29. The minimum Gasteiger partial charge on any atom is -0.378 e. The molecule has 1 amide bonds. The van der Waals surface area contributed by atoms with Crippen molar-refractivity contribution in [2.24, 2.45) is 0 Å². The fourth-order valence-electron chi connectivity index (χ4n) is 5.80. The van der Waals surface area contributed by atoms with Crippen LogP contribution in [-0.2, 0) is 6.42 Å². The molecule has 1 aliphatic heterocycles. The Labute approximate surface area is 232 Å². The predicted molar refractivity (Wildman–Crippen MR) is 157 cm³/mol. The zero-order valence-electron chi connectivity index (χ0n) is 23.8. The third-order valence-corrected chi connectivity index (χ3v) is 7.90. The molecule has 2 heterocycles. The van der Waals surface area contributed by atoms with Gasteiger partial charge in [-0.1, -0.05) is 36.9 Å². The van der Waals surface area contributed by atoms with E-state index < -0.39 is 0 Å². The zero-order chi connectivity index (χ0) is 28.1. The van der Waals surface area contributed by atoms with Gasteiger partial charge in [0.05, 0.1) is 13.2 Å². The van der Waals surface area contributed by atoms with Crippen LogP contribution in [0.2, 0.25) is 0 Å². The van der Waals surface area contributed by atoms with Crippen LogP contribution in [0.1, 0.15) is 69.4 Å². The highest BCUT2D eigenvalue weighted by molar-refractivity contribution is 5.94. The summed E-state index contributed by atoms with van der Waals surface area (Å²) in [6.45, 7) is 12.1. The Bertz CT molecular complexity index is 1310. The van der Waals surface area contributed by atoms with Crippen LogP contribution in [0.3, 0.4) is 0 Å². The first-order valence-electron chi connectivity index (χ1n) is 13.7. The van der Waals surface area contributed by atoms with Crippen LogP contribution in [0.15, 0.2) is 55.1 Å². The monoisotopic (exact) mass is 529 g/mol. The van der Waals surface area contributed by atoms with Crippen LogP contribution in [0.5, 0.6) is 0 Å². The zero-order valence-corrected chi connectivity index (χ0v) is 23.8. The lowest BCUT2D eigenvalue weighted by Gasteiger charge is -2.37. The second kappa shape index (κ2) is 12.4. The summed E-state index contributed by atoms with van der Waals surface area (Å²) in [5.74, 6) is 1.89. The maximum atomic E-state index is 13.5. The lowest BCUT2D eigenvalue weighted by molar-refractivity contribution is 0.0709. The number of anilines is 1. The number of aromatic nitrogens is 2. The smallest absolute Gasteiger partial charge is 0.253 e. The van der Waals surface area contributed by atoms with E-state index in [-0.39, 0.29) is 18.0 Å². The van der Waals surface area contributed by atoms with Crippen molar-refractivity contribution >= 4 is 17.4 Å². The Hall–Kier alpha value is -3.74. The summed E-state index contributed by atoms with van der Waals surface area (Å²) in [5, 5.41) is 3.64. The number of amides is 1. The minimum absolute atomic E-state index is 0.0957. The van der Waals surface area contributed by atoms with Gasteiger partial charge in [-0.2, -0.15) is 0 Å². The maximum absolute atomic E-state index is 13.5. The van der Waals surface area contributed by atoms with E-state index in [2.05, 4.69) is 58.0 Å². The molecule has 1 unspecified atom stereocenters. The summed E-state index contributed by atoms with van der Waals surface area (Å²) in [6.07, 6.45) is 3.87. The lowest BCUT2D eigenvalue weighted by atomic mass is 10.00. The third-order valence-electron chi connectivity index (χ3n) is 7.90. The number of carbonyl (C=O) groups excluding carboxylic acids is 1. The predicted octanol–water partition coefficient (Wildman–Crippen LogP) is 5.98. The number of hydrogen-bond acceptors (Lipinski definition) is 5. The second-order valence-corrected chi connectivity index (χ2v) is 10.5. The molecule has 2 aliphatic rings. The number of piperidine rings is 1. The van der Waals surface area contributed by atoms with Crippen LogP contribution in [0.4, 0.5) is 10.2 Å². The highest BCUT2D eigenvalue weighted by atomic mass is 19.1. The van der Waals surface area contributed by atoms with Gasteiger partial charge < -0.3 is 15.1 Å². The van der Waals surface area contributed by atoms with Crippen molar-refractivity contribution in [1.82, 2.24) is 20.2 Å². The van der Waals surface area contributed by atoms with E-state index in [9.17, 15) is 9.18 Å². The number of hydrogen-bond donors (Lipinski definition) is 1. The van der Waals surface area contributed by atoms with Crippen LogP contribution < -0.4 is 10.2 Å². The van der Waals surface area contributed by atoms with Gasteiger partial charge in [0.25, 0.3) is 5.91 Å². The molecule has 1 saturated heterocycles. The molecule has 0 spiro atoms. The van der Waals surface area contributed by atoms with Gasteiger partial charge in [0.1, 0.15) is 11.6 Å². The first kappa shape index (κ1) is 28.3. The standard InChI is InChI=1S/C31H37N5O.CH3F/c1-20-8-6-7-9-27(20)22(3)33-29-13-12-24-10-11-25(19-28(24)29)31(37)35(5)26-14-16-36(17-15-26)30-18-21(2)32-23(4)34-30;1-2/h6-11,18-19,26,29,33H,3,12-17H2,1-2,4-5H3;1H3. The normalized spacial score (nSPS) is 16.7. The van der Waals surface area contributed by atoms with Gasteiger partial charge in [-0.15, -0.1) is 0 Å². The van der Waals surface area contributed by atoms with E-state index in [4.69, 9.17) is 0 Å². The number of benzene rings is 2. The molecule has 1 atom stereocenters. The van der Waals surface area contributed by atoms with E-state index in [1.165, 1.54) is 16.7 Å². The van der Waals surface area contributed by atoms with Crippen molar-refractivity contribution in [3.8, 4) is 0 Å². The fraction of sp³-hybridized carbons (Fsp3) is 0.406. The molecule has 1 aromatic heterocycles. The Morgan fingerprint density at radius 2 is 1.74 bits per heavy atom.